The van der Waals surface area contributed by atoms with Gasteiger partial charge in [-0.05, 0) is 67.7 Å². The van der Waals surface area contributed by atoms with Gasteiger partial charge in [0.2, 0.25) is 9.84 Å². The largest absolute Gasteiger partial charge is 0.282 e. The van der Waals surface area contributed by atoms with Crippen LogP contribution >= 0.6 is 12.2 Å². The molecule has 0 saturated heterocycles. The molecule has 36 heavy (non-hydrogen) atoms. The van der Waals surface area contributed by atoms with Gasteiger partial charge >= 0.3 is 0 Å². The quantitative estimate of drug-likeness (QED) is 0.152. The van der Waals surface area contributed by atoms with Gasteiger partial charge in [0.1, 0.15) is 0 Å². The Hall–Kier alpha value is -4.01. The zero-order valence-electron chi connectivity index (χ0n) is 19.8. The lowest BCUT2D eigenvalue weighted by molar-refractivity contribution is -0.434. The zero-order chi connectivity index (χ0) is 25.4. The minimum atomic E-state index is -3.57. The second-order valence-corrected chi connectivity index (χ2v) is 10.5. The second kappa shape index (κ2) is 11.6. The van der Waals surface area contributed by atoms with E-state index in [4.69, 9.17) is 12.2 Å². The van der Waals surface area contributed by atoms with Gasteiger partial charge in [-0.3, -0.25) is 10.0 Å². The van der Waals surface area contributed by atoms with Gasteiger partial charge in [-0.2, -0.15) is 0 Å². The predicted octanol–water partition coefficient (Wildman–Crippen LogP) is 3.47. The second-order valence-electron chi connectivity index (χ2n) is 8.06. The highest BCUT2D eigenvalue weighted by molar-refractivity contribution is 7.91. The minimum Gasteiger partial charge on any atom is -0.259 e. The van der Waals surface area contributed by atoms with Crippen molar-refractivity contribution in [1.82, 2.24) is 10.7 Å². The van der Waals surface area contributed by atoms with Gasteiger partial charge in [-0.25, -0.2) is 19.2 Å². The third kappa shape index (κ3) is 6.56. The van der Waals surface area contributed by atoms with E-state index in [0.29, 0.717) is 10.9 Å². The summed E-state index contributed by atoms with van der Waals surface area (Å²) in [5.41, 5.74) is 6.78. The number of hydrogen-bond donors (Lipinski definition) is 3. The number of nitrogens with zero attached hydrogens (tertiary/aromatic N) is 1. The summed E-state index contributed by atoms with van der Waals surface area (Å²) in [4.78, 5) is 3.30. The number of amidine groups is 1. The Morgan fingerprint density at radius 1 is 0.778 bits per heavy atom. The minimum absolute atomic E-state index is 0.257. The van der Waals surface area contributed by atoms with Gasteiger partial charge in [0.05, 0.1) is 21.8 Å². The van der Waals surface area contributed by atoms with Gasteiger partial charge in [-0.1, -0.05) is 72.3 Å². The average molecular weight is 516 g/mol. The van der Waals surface area contributed by atoms with Crippen molar-refractivity contribution in [3.8, 4) is 0 Å². The van der Waals surface area contributed by atoms with Crippen LogP contribution < -0.4 is 20.7 Å². The SMILES string of the molecule is Cc1ccc(S(=O)(=O)C[NH+]=C(NC(=S)NN(c2ccccc2)c2ccccc2)c2ccccc2)cc1. The number of benzene rings is 4. The van der Waals surface area contributed by atoms with Crippen molar-refractivity contribution in [2.45, 2.75) is 11.8 Å². The lowest BCUT2D eigenvalue weighted by atomic mass is 10.2. The van der Waals surface area contributed by atoms with Gasteiger partial charge in [-0.15, -0.1) is 0 Å². The number of hydrogen-bond acceptors (Lipinski definition) is 4. The molecule has 4 aromatic carbocycles. The van der Waals surface area contributed by atoms with Crippen molar-refractivity contribution >= 4 is 44.4 Å². The van der Waals surface area contributed by atoms with E-state index in [1.807, 2.05) is 103 Å². The Balaban J connectivity index is 1.59. The molecule has 3 N–H and O–H groups in total. The molecule has 8 heteroatoms. The van der Waals surface area contributed by atoms with Crippen molar-refractivity contribution in [2.75, 3.05) is 10.9 Å². The van der Waals surface area contributed by atoms with Gasteiger partial charge in [0.25, 0.3) is 10.9 Å². The van der Waals surface area contributed by atoms with Crippen LogP contribution in [0.15, 0.2) is 120 Å². The highest BCUT2D eigenvalue weighted by Gasteiger charge is 2.20. The molecule has 182 valence electrons. The molecule has 0 heterocycles. The molecule has 0 saturated carbocycles. The summed E-state index contributed by atoms with van der Waals surface area (Å²) in [5, 5.41) is 5.31. The number of sulfone groups is 1. The molecule has 4 rings (SSSR count). The number of aryl methyl sites for hydroxylation is 1. The maximum absolute atomic E-state index is 13.0. The van der Waals surface area contributed by atoms with E-state index in [1.165, 1.54) is 0 Å². The van der Waals surface area contributed by atoms with E-state index in [-0.39, 0.29) is 10.8 Å². The first kappa shape index (κ1) is 25.1. The van der Waals surface area contributed by atoms with Crippen LogP contribution in [0, 0.1) is 6.92 Å². The molecule has 0 bridgehead atoms. The molecule has 0 spiro atoms. The molecule has 0 aliphatic heterocycles. The fourth-order valence-corrected chi connectivity index (χ4v) is 4.74. The highest BCUT2D eigenvalue weighted by atomic mass is 32.2. The van der Waals surface area contributed by atoms with Crippen LogP contribution in [-0.2, 0) is 9.84 Å². The van der Waals surface area contributed by atoms with Crippen LogP contribution in [0.1, 0.15) is 11.1 Å². The maximum atomic E-state index is 13.0. The third-order valence-electron chi connectivity index (χ3n) is 5.36. The van der Waals surface area contributed by atoms with Crippen LogP contribution in [0.5, 0.6) is 0 Å². The summed E-state index contributed by atoms with van der Waals surface area (Å²) in [6.45, 7) is 1.92. The number of hydrazine groups is 1. The molecule has 0 aromatic heterocycles. The Bertz CT molecular complexity index is 1390. The summed E-state index contributed by atoms with van der Waals surface area (Å²) in [7, 11) is -3.57. The summed E-state index contributed by atoms with van der Waals surface area (Å²) in [6.07, 6.45) is 0. The van der Waals surface area contributed by atoms with Crippen LogP contribution in [-0.4, -0.2) is 25.2 Å². The summed E-state index contributed by atoms with van der Waals surface area (Å²) in [5.74, 6) is 0.182. The van der Waals surface area contributed by atoms with E-state index in [2.05, 4.69) is 15.7 Å². The van der Waals surface area contributed by atoms with Gasteiger partial charge in [0.15, 0.2) is 5.88 Å². The molecule has 0 amide bonds. The first-order chi connectivity index (χ1) is 17.4. The monoisotopic (exact) mass is 515 g/mol. The lowest BCUT2D eigenvalue weighted by Crippen LogP contribution is -2.78. The van der Waals surface area contributed by atoms with Crippen molar-refractivity contribution < 1.29 is 13.4 Å². The molecular weight excluding hydrogens is 488 g/mol. The molecule has 0 fully saturated rings. The van der Waals surface area contributed by atoms with Crippen molar-refractivity contribution in [3.63, 3.8) is 0 Å². The number of nitrogens with one attached hydrogen (secondary N) is 3. The van der Waals surface area contributed by atoms with E-state index in [1.54, 1.807) is 24.3 Å². The van der Waals surface area contributed by atoms with Crippen molar-refractivity contribution in [1.29, 1.82) is 0 Å². The Labute approximate surface area is 217 Å². The zero-order valence-corrected chi connectivity index (χ0v) is 21.4. The molecule has 0 aliphatic rings. The van der Waals surface area contributed by atoms with E-state index < -0.39 is 9.84 Å². The van der Waals surface area contributed by atoms with E-state index >= 15 is 0 Å². The lowest BCUT2D eigenvalue weighted by Gasteiger charge is -2.25. The van der Waals surface area contributed by atoms with Gasteiger partial charge < -0.3 is 0 Å². The van der Waals surface area contributed by atoms with Crippen LogP contribution in [0.4, 0.5) is 11.4 Å². The number of anilines is 2. The predicted molar refractivity (Wildman–Crippen MR) is 149 cm³/mol. The van der Waals surface area contributed by atoms with Gasteiger partial charge in [0, 0.05) is 0 Å². The third-order valence-corrected chi connectivity index (χ3v) is 7.07. The number of rotatable bonds is 7. The van der Waals surface area contributed by atoms with E-state index in [0.717, 1.165) is 22.5 Å². The smallest absolute Gasteiger partial charge is 0.259 e. The maximum Gasteiger partial charge on any atom is 0.282 e. The molecule has 4 aromatic rings. The number of thiocarbonyl (C=S) groups is 1. The van der Waals surface area contributed by atoms with Crippen LogP contribution in [0.25, 0.3) is 0 Å². The van der Waals surface area contributed by atoms with Crippen molar-refractivity contribution in [3.05, 3.63) is 126 Å². The molecular formula is C28H27N4O2S2+. The fourth-order valence-electron chi connectivity index (χ4n) is 3.49. The highest BCUT2D eigenvalue weighted by Crippen LogP contribution is 2.22. The van der Waals surface area contributed by atoms with Crippen LogP contribution in [0.2, 0.25) is 0 Å². The Morgan fingerprint density at radius 3 is 1.81 bits per heavy atom. The van der Waals surface area contributed by atoms with E-state index in [9.17, 15) is 8.42 Å². The molecule has 0 radical (unpaired) electrons. The first-order valence-corrected chi connectivity index (χ1v) is 13.4. The molecule has 0 unspecified atom stereocenters. The molecule has 6 nitrogen and oxygen atoms in total. The topological polar surface area (TPSA) is 75.4 Å². The summed E-state index contributed by atoms with van der Waals surface area (Å²) in [6, 6.07) is 35.8. The fraction of sp³-hybridized carbons (Fsp3) is 0.0714. The molecule has 0 aliphatic carbocycles. The molecule has 0 atom stereocenters. The standard InChI is InChI=1S/C28H26N4O2S2/c1-22-17-19-26(20-18-22)36(33,34)21-29-27(23-11-5-2-6-12-23)30-28(35)31-32(24-13-7-3-8-14-24)25-15-9-4-10-16-25/h2-20H,21H2,1H3,(H2,29,30,31,35)/p+1. The summed E-state index contributed by atoms with van der Waals surface area (Å²) >= 11 is 5.65. The summed E-state index contributed by atoms with van der Waals surface area (Å²) < 4.78 is 25.9. The number of para-hydroxylation sites is 2. The Morgan fingerprint density at radius 2 is 1.28 bits per heavy atom. The normalized spacial score (nSPS) is 11.5. The Kier molecular flexibility index (Phi) is 8.10. The average Bonchev–Trinajstić information content (AvgIpc) is 2.91. The van der Waals surface area contributed by atoms with Crippen LogP contribution in [0.3, 0.4) is 0 Å². The van der Waals surface area contributed by atoms with Crippen molar-refractivity contribution in [2.24, 2.45) is 0 Å². The first-order valence-electron chi connectivity index (χ1n) is 11.4.